The van der Waals surface area contributed by atoms with Crippen LogP contribution in [0.5, 0.6) is 11.5 Å². The summed E-state index contributed by atoms with van der Waals surface area (Å²) in [6, 6.07) is 10.9. The lowest BCUT2D eigenvalue weighted by atomic mass is 10.2. The van der Waals surface area contributed by atoms with Gasteiger partial charge in [-0.2, -0.15) is 0 Å². The van der Waals surface area contributed by atoms with Crippen LogP contribution in [0.4, 0.5) is 5.69 Å². The Morgan fingerprint density at radius 1 is 1.04 bits per heavy atom. The van der Waals surface area contributed by atoms with Crippen molar-refractivity contribution < 1.29 is 9.47 Å². The van der Waals surface area contributed by atoms with Crippen LogP contribution in [0.25, 0.3) is 0 Å². The predicted octanol–water partition coefficient (Wildman–Crippen LogP) is 4.50. The zero-order valence-corrected chi connectivity index (χ0v) is 15.0. The molecule has 0 atom stereocenters. The van der Waals surface area contributed by atoms with Crippen molar-refractivity contribution in [1.29, 1.82) is 0 Å². The molecule has 7 heteroatoms. The molecule has 0 bridgehead atoms. The van der Waals surface area contributed by atoms with Crippen LogP contribution < -0.4 is 20.1 Å². The molecule has 0 unspecified atom stereocenters. The van der Waals surface area contributed by atoms with Gasteiger partial charge in [0, 0.05) is 23.7 Å². The van der Waals surface area contributed by atoms with Gasteiger partial charge in [-0.15, -0.1) is 0 Å². The fraction of sp³-hybridized carbons (Fsp3) is 0.188. The number of thiocarbonyl (C=S) groups is 1. The lowest BCUT2D eigenvalue weighted by Crippen LogP contribution is -2.28. The highest BCUT2D eigenvalue weighted by atomic mass is 35.5. The van der Waals surface area contributed by atoms with Crippen molar-refractivity contribution in [3.05, 3.63) is 52.0 Å². The number of benzene rings is 2. The molecule has 0 amide bonds. The van der Waals surface area contributed by atoms with Gasteiger partial charge >= 0.3 is 0 Å². The number of ether oxygens (including phenoxy) is 2. The van der Waals surface area contributed by atoms with Gasteiger partial charge in [0.05, 0.1) is 24.9 Å². The summed E-state index contributed by atoms with van der Waals surface area (Å²) in [5.41, 5.74) is 1.74. The van der Waals surface area contributed by atoms with E-state index in [-0.39, 0.29) is 0 Å². The summed E-state index contributed by atoms with van der Waals surface area (Å²) in [4.78, 5) is 0. The lowest BCUT2D eigenvalue weighted by molar-refractivity contribution is 0.405. The zero-order chi connectivity index (χ0) is 16.8. The van der Waals surface area contributed by atoms with Gasteiger partial charge in [-0.25, -0.2) is 0 Å². The minimum absolute atomic E-state index is 0.461. The molecule has 122 valence electrons. The molecule has 2 rings (SSSR count). The van der Waals surface area contributed by atoms with Crippen LogP contribution in [-0.4, -0.2) is 19.3 Å². The molecule has 2 aromatic rings. The van der Waals surface area contributed by atoms with Crippen LogP contribution >= 0.6 is 35.4 Å². The molecule has 0 saturated carbocycles. The SMILES string of the molecule is COc1cc(NC(=S)NCc2ccc(Cl)cc2)c(OC)cc1Cl. The van der Waals surface area contributed by atoms with E-state index in [0.29, 0.717) is 38.9 Å². The van der Waals surface area contributed by atoms with E-state index in [1.54, 1.807) is 26.4 Å². The molecule has 0 aliphatic carbocycles. The highest BCUT2D eigenvalue weighted by Gasteiger charge is 2.11. The van der Waals surface area contributed by atoms with Crippen molar-refractivity contribution in [1.82, 2.24) is 5.32 Å². The first kappa shape index (κ1) is 17.7. The Labute approximate surface area is 150 Å². The molecule has 23 heavy (non-hydrogen) atoms. The maximum atomic E-state index is 6.08. The van der Waals surface area contributed by atoms with Crippen LogP contribution in [0, 0.1) is 0 Å². The predicted molar refractivity (Wildman–Crippen MR) is 99.1 cm³/mol. The third kappa shape index (κ3) is 4.89. The molecule has 0 spiro atoms. The Balaban J connectivity index is 2.03. The second kappa shape index (κ2) is 8.24. The molecule has 0 heterocycles. The van der Waals surface area contributed by atoms with Crippen molar-refractivity contribution in [3.8, 4) is 11.5 Å². The average Bonchev–Trinajstić information content (AvgIpc) is 2.55. The molecule has 2 N–H and O–H groups in total. The highest BCUT2D eigenvalue weighted by Crippen LogP contribution is 2.35. The molecule has 0 aromatic heterocycles. The summed E-state index contributed by atoms with van der Waals surface area (Å²) in [6.07, 6.45) is 0. The minimum Gasteiger partial charge on any atom is -0.495 e. The third-order valence-corrected chi connectivity index (χ3v) is 3.88. The van der Waals surface area contributed by atoms with Crippen molar-refractivity contribution in [2.45, 2.75) is 6.54 Å². The Kier molecular flexibility index (Phi) is 6.33. The molecule has 2 aromatic carbocycles. The van der Waals surface area contributed by atoms with E-state index in [9.17, 15) is 0 Å². The van der Waals surface area contributed by atoms with E-state index in [2.05, 4.69) is 10.6 Å². The van der Waals surface area contributed by atoms with Gasteiger partial charge in [-0.1, -0.05) is 35.3 Å². The Morgan fingerprint density at radius 2 is 1.70 bits per heavy atom. The smallest absolute Gasteiger partial charge is 0.171 e. The monoisotopic (exact) mass is 370 g/mol. The van der Waals surface area contributed by atoms with Crippen molar-refractivity contribution >= 4 is 46.2 Å². The lowest BCUT2D eigenvalue weighted by Gasteiger charge is -2.15. The van der Waals surface area contributed by atoms with Gasteiger partial charge in [0.1, 0.15) is 11.5 Å². The molecular formula is C16H16Cl2N2O2S. The van der Waals surface area contributed by atoms with Crippen LogP contribution in [0.15, 0.2) is 36.4 Å². The third-order valence-electron chi connectivity index (χ3n) is 3.09. The van der Waals surface area contributed by atoms with Crippen molar-refractivity contribution in [3.63, 3.8) is 0 Å². The van der Waals surface area contributed by atoms with Crippen LogP contribution in [0.3, 0.4) is 0 Å². The molecule has 0 aliphatic rings. The maximum Gasteiger partial charge on any atom is 0.171 e. The Morgan fingerprint density at radius 3 is 2.30 bits per heavy atom. The van der Waals surface area contributed by atoms with Crippen LogP contribution in [0.2, 0.25) is 10.0 Å². The van der Waals surface area contributed by atoms with Crippen LogP contribution in [0.1, 0.15) is 5.56 Å². The van der Waals surface area contributed by atoms with E-state index in [4.69, 9.17) is 44.9 Å². The first-order chi connectivity index (χ1) is 11.0. The fourth-order valence-corrected chi connectivity index (χ4v) is 2.45. The first-order valence-corrected chi connectivity index (χ1v) is 7.90. The quantitative estimate of drug-likeness (QED) is 0.758. The molecule has 0 saturated heterocycles. The second-order valence-electron chi connectivity index (χ2n) is 4.62. The van der Waals surface area contributed by atoms with Crippen molar-refractivity contribution in [2.24, 2.45) is 0 Å². The molecule has 4 nitrogen and oxygen atoms in total. The largest absolute Gasteiger partial charge is 0.495 e. The number of rotatable bonds is 5. The van der Waals surface area contributed by atoms with E-state index in [1.165, 1.54) is 0 Å². The summed E-state index contributed by atoms with van der Waals surface area (Å²) in [7, 11) is 3.11. The van der Waals surface area contributed by atoms with Crippen LogP contribution in [-0.2, 0) is 6.54 Å². The summed E-state index contributed by atoms with van der Waals surface area (Å²) < 4.78 is 10.5. The Bertz CT molecular complexity index is 693. The number of methoxy groups -OCH3 is 2. The van der Waals surface area contributed by atoms with Gasteiger partial charge < -0.3 is 20.1 Å². The van der Waals surface area contributed by atoms with Gasteiger partial charge in [0.15, 0.2) is 5.11 Å². The number of anilines is 1. The van der Waals surface area contributed by atoms with E-state index in [1.807, 2.05) is 24.3 Å². The summed E-state index contributed by atoms with van der Waals surface area (Å²) >= 11 is 17.2. The molecule has 0 aliphatic heterocycles. The standard InChI is InChI=1S/C16H16Cl2N2O2S/c1-21-14-8-13(15(22-2)7-12(14)18)20-16(23)19-9-10-3-5-11(17)6-4-10/h3-8H,9H2,1-2H3,(H2,19,20,23). The Hall–Kier alpha value is -1.69. The normalized spacial score (nSPS) is 10.1. The summed E-state index contributed by atoms with van der Waals surface area (Å²) in [5.74, 6) is 1.11. The molecular weight excluding hydrogens is 355 g/mol. The van der Waals surface area contributed by atoms with Gasteiger partial charge in [0.25, 0.3) is 0 Å². The van der Waals surface area contributed by atoms with Gasteiger partial charge in [-0.05, 0) is 29.9 Å². The molecule has 0 fully saturated rings. The second-order valence-corrected chi connectivity index (χ2v) is 5.87. The number of hydrogen-bond acceptors (Lipinski definition) is 3. The van der Waals surface area contributed by atoms with E-state index in [0.717, 1.165) is 5.56 Å². The average molecular weight is 371 g/mol. The zero-order valence-electron chi connectivity index (χ0n) is 12.7. The molecule has 0 radical (unpaired) electrons. The highest BCUT2D eigenvalue weighted by molar-refractivity contribution is 7.80. The summed E-state index contributed by atoms with van der Waals surface area (Å²) in [6.45, 7) is 0.579. The number of hydrogen-bond donors (Lipinski definition) is 2. The topological polar surface area (TPSA) is 42.5 Å². The van der Waals surface area contributed by atoms with E-state index >= 15 is 0 Å². The first-order valence-electron chi connectivity index (χ1n) is 6.74. The van der Waals surface area contributed by atoms with Crippen molar-refractivity contribution in [2.75, 3.05) is 19.5 Å². The van der Waals surface area contributed by atoms with Gasteiger partial charge in [0.2, 0.25) is 0 Å². The van der Waals surface area contributed by atoms with E-state index < -0.39 is 0 Å². The maximum absolute atomic E-state index is 6.08. The van der Waals surface area contributed by atoms with Gasteiger partial charge in [-0.3, -0.25) is 0 Å². The minimum atomic E-state index is 0.461. The fourth-order valence-electron chi connectivity index (χ4n) is 1.91. The number of nitrogens with one attached hydrogen (secondary N) is 2. The summed E-state index contributed by atoms with van der Waals surface area (Å²) in [5, 5.41) is 7.82. The number of halogens is 2.